The highest BCUT2D eigenvalue weighted by molar-refractivity contribution is 6.32. The first-order valence-corrected chi connectivity index (χ1v) is 8.47. The third kappa shape index (κ3) is 5.64. The van der Waals surface area contributed by atoms with Gasteiger partial charge < -0.3 is 10.1 Å². The molecule has 1 amide bonds. The van der Waals surface area contributed by atoms with Gasteiger partial charge in [0.25, 0.3) is 0 Å². The molecular formula is C19H24ClN2O2+. The number of hydrogen-bond donors (Lipinski definition) is 2. The van der Waals surface area contributed by atoms with Gasteiger partial charge in [-0.1, -0.05) is 31.5 Å². The maximum Gasteiger partial charge on any atom is 0.340 e. The minimum absolute atomic E-state index is 0.214. The first-order chi connectivity index (χ1) is 11.5. The summed E-state index contributed by atoms with van der Waals surface area (Å²) in [7, 11) is 0. The van der Waals surface area contributed by atoms with Gasteiger partial charge in [0.2, 0.25) is 0 Å². The summed E-state index contributed by atoms with van der Waals surface area (Å²) < 4.78 is 5.77. The monoisotopic (exact) mass is 347 g/mol. The fourth-order valence-corrected chi connectivity index (χ4v) is 2.44. The van der Waals surface area contributed by atoms with Crippen LogP contribution in [0.2, 0.25) is 5.02 Å². The summed E-state index contributed by atoms with van der Waals surface area (Å²) in [5.74, 6) is 1.71. The summed E-state index contributed by atoms with van der Waals surface area (Å²) in [5.41, 5.74) is 5.05. The highest BCUT2D eigenvalue weighted by Crippen LogP contribution is 2.30. The van der Waals surface area contributed by atoms with Crippen molar-refractivity contribution >= 4 is 17.5 Å². The van der Waals surface area contributed by atoms with Crippen molar-refractivity contribution < 1.29 is 15.3 Å². The van der Waals surface area contributed by atoms with E-state index in [0.717, 1.165) is 25.1 Å². The molecule has 0 saturated heterocycles. The molecule has 4 nitrogen and oxygen atoms in total. The third-order valence-corrected chi connectivity index (χ3v) is 3.92. The van der Waals surface area contributed by atoms with Crippen molar-refractivity contribution in [3.05, 3.63) is 58.6 Å². The number of amides is 1. The summed E-state index contributed by atoms with van der Waals surface area (Å²) in [4.78, 5) is 11.2. The van der Waals surface area contributed by atoms with Crippen LogP contribution in [0.25, 0.3) is 0 Å². The Morgan fingerprint density at radius 2 is 1.92 bits per heavy atom. The van der Waals surface area contributed by atoms with Crippen molar-refractivity contribution in [3.8, 4) is 11.5 Å². The summed E-state index contributed by atoms with van der Waals surface area (Å²) >= 11 is 6.31. The second kappa shape index (κ2) is 8.83. The standard InChI is InChI=1S/C19H23ClN2O2/c1-13(2)9-10-22-12-14-3-8-18(17(20)11-14)24-16-6-4-15(5-7-16)19(21)23/h3-8,11,13,22H,9-10,12H2,1-2H3,(H2,21,23)/p+1. The Morgan fingerprint density at radius 3 is 2.50 bits per heavy atom. The van der Waals surface area contributed by atoms with E-state index >= 15 is 0 Å². The molecule has 2 rings (SSSR count). The van der Waals surface area contributed by atoms with Crippen LogP contribution in [0, 0.1) is 5.92 Å². The van der Waals surface area contributed by atoms with E-state index in [4.69, 9.17) is 16.3 Å². The fraction of sp³-hybridized carbons (Fsp3) is 0.316. The highest BCUT2D eigenvalue weighted by atomic mass is 35.5. The molecule has 0 saturated carbocycles. The predicted molar refractivity (Wildman–Crippen MR) is 96.3 cm³/mol. The molecule has 0 unspecified atom stereocenters. The van der Waals surface area contributed by atoms with Gasteiger partial charge in [0, 0.05) is 6.54 Å². The van der Waals surface area contributed by atoms with Crippen molar-refractivity contribution in [3.63, 3.8) is 0 Å². The van der Waals surface area contributed by atoms with E-state index in [1.54, 1.807) is 24.3 Å². The van der Waals surface area contributed by atoms with Gasteiger partial charge in [-0.2, -0.15) is 0 Å². The molecule has 0 aliphatic heterocycles. The van der Waals surface area contributed by atoms with Crippen LogP contribution in [-0.2, 0) is 6.54 Å². The number of benzene rings is 2. The van der Waals surface area contributed by atoms with Gasteiger partial charge in [-0.05, 0) is 60.8 Å². The van der Waals surface area contributed by atoms with Gasteiger partial charge >= 0.3 is 5.91 Å². The number of nitrogens with one attached hydrogen (secondary N) is 1. The first-order valence-electron chi connectivity index (χ1n) is 8.09. The minimum atomic E-state index is -0.214. The van der Waals surface area contributed by atoms with E-state index < -0.39 is 0 Å². The van der Waals surface area contributed by atoms with Crippen molar-refractivity contribution in [2.75, 3.05) is 6.54 Å². The number of halogens is 1. The Kier molecular flexibility index (Phi) is 6.79. The van der Waals surface area contributed by atoms with Gasteiger partial charge in [0.1, 0.15) is 11.5 Å². The molecule has 0 aliphatic rings. The van der Waals surface area contributed by atoms with Crippen LogP contribution in [0.3, 0.4) is 0 Å². The Bertz CT molecular complexity index is 684. The topological polar surface area (TPSA) is 66.0 Å². The summed E-state index contributed by atoms with van der Waals surface area (Å²) in [6.07, 6.45) is 1.15. The van der Waals surface area contributed by atoms with E-state index in [1.165, 1.54) is 0 Å². The molecule has 128 valence electrons. The van der Waals surface area contributed by atoms with Gasteiger partial charge in [-0.25, -0.2) is 4.79 Å². The lowest BCUT2D eigenvalue weighted by Gasteiger charge is -2.11. The predicted octanol–water partition coefficient (Wildman–Crippen LogP) is 3.65. The summed E-state index contributed by atoms with van der Waals surface area (Å²) in [6, 6.07) is 12.6. The van der Waals surface area contributed by atoms with Crippen LogP contribution in [0.15, 0.2) is 42.5 Å². The molecule has 0 bridgehead atoms. The molecular weight excluding hydrogens is 324 g/mol. The normalized spacial score (nSPS) is 10.9. The molecule has 0 atom stereocenters. The second-order valence-electron chi connectivity index (χ2n) is 6.17. The Labute approximate surface area is 148 Å². The Morgan fingerprint density at radius 1 is 1.21 bits per heavy atom. The van der Waals surface area contributed by atoms with E-state index in [-0.39, 0.29) is 5.91 Å². The number of ether oxygens (including phenoxy) is 1. The first kappa shape index (κ1) is 18.5. The van der Waals surface area contributed by atoms with Gasteiger partial charge in [0.05, 0.1) is 10.6 Å². The zero-order valence-corrected chi connectivity index (χ0v) is 14.9. The number of carbonyl (C=O) groups excluding carboxylic acids is 1. The average molecular weight is 348 g/mol. The van der Waals surface area contributed by atoms with E-state index in [9.17, 15) is 4.79 Å². The molecule has 0 aromatic heterocycles. The van der Waals surface area contributed by atoms with E-state index in [2.05, 4.69) is 24.9 Å². The fourth-order valence-electron chi connectivity index (χ4n) is 2.20. The maximum absolute atomic E-state index is 11.2. The molecule has 24 heavy (non-hydrogen) atoms. The largest absolute Gasteiger partial charge is 0.456 e. The maximum atomic E-state index is 11.2. The third-order valence-electron chi connectivity index (χ3n) is 3.63. The molecule has 0 radical (unpaired) electrons. The van der Waals surface area contributed by atoms with Crippen LogP contribution < -0.4 is 15.8 Å². The molecule has 0 spiro atoms. The average Bonchev–Trinajstić information content (AvgIpc) is 2.54. The zero-order valence-electron chi connectivity index (χ0n) is 14.1. The van der Waals surface area contributed by atoms with Crippen molar-refractivity contribution in [2.45, 2.75) is 26.8 Å². The van der Waals surface area contributed by atoms with Crippen molar-refractivity contribution in [1.82, 2.24) is 5.32 Å². The van der Waals surface area contributed by atoms with E-state index in [1.807, 2.05) is 18.2 Å². The van der Waals surface area contributed by atoms with Crippen LogP contribution in [0.1, 0.15) is 36.2 Å². The number of rotatable bonds is 8. The lowest BCUT2D eigenvalue weighted by molar-refractivity contribution is -0.255. The lowest BCUT2D eigenvalue weighted by Crippen LogP contribution is -2.56. The van der Waals surface area contributed by atoms with Gasteiger partial charge in [-0.3, -0.25) is 5.73 Å². The summed E-state index contributed by atoms with van der Waals surface area (Å²) in [6.45, 7) is 6.20. The molecule has 0 heterocycles. The van der Waals surface area contributed by atoms with Crippen LogP contribution in [0.4, 0.5) is 0 Å². The van der Waals surface area contributed by atoms with Gasteiger partial charge in [-0.15, -0.1) is 0 Å². The SMILES string of the molecule is CC(C)CCNCc1ccc(Oc2ccc(C([NH3+])=O)cc2)c(Cl)c1. The zero-order chi connectivity index (χ0) is 17.5. The van der Waals surface area contributed by atoms with Gasteiger partial charge in [0.15, 0.2) is 0 Å². The number of quaternary nitrogens is 1. The molecule has 2 aromatic rings. The number of hydrogen-bond acceptors (Lipinski definition) is 3. The molecule has 2 aromatic carbocycles. The van der Waals surface area contributed by atoms with E-state index in [0.29, 0.717) is 28.0 Å². The molecule has 0 aliphatic carbocycles. The van der Waals surface area contributed by atoms with Crippen LogP contribution >= 0.6 is 11.6 Å². The van der Waals surface area contributed by atoms with Crippen molar-refractivity contribution in [2.24, 2.45) is 5.92 Å². The quantitative estimate of drug-likeness (QED) is 0.716. The van der Waals surface area contributed by atoms with Crippen LogP contribution in [-0.4, -0.2) is 12.5 Å². The van der Waals surface area contributed by atoms with Crippen LogP contribution in [0.5, 0.6) is 11.5 Å². The molecule has 4 N–H and O–H groups in total. The minimum Gasteiger partial charge on any atom is -0.456 e. The Hall–Kier alpha value is -1.88. The smallest absolute Gasteiger partial charge is 0.340 e. The van der Waals surface area contributed by atoms with Crippen molar-refractivity contribution in [1.29, 1.82) is 0 Å². The highest BCUT2D eigenvalue weighted by Gasteiger charge is 2.07. The summed E-state index contributed by atoms with van der Waals surface area (Å²) in [5, 5.41) is 3.97. The lowest BCUT2D eigenvalue weighted by atomic mass is 10.1. The molecule has 0 fully saturated rings. The number of carbonyl (C=O) groups is 1. The molecule has 5 heteroatoms. The second-order valence-corrected chi connectivity index (χ2v) is 6.58. The Balaban J connectivity index is 1.95.